The molecule has 2 fully saturated rings. The van der Waals surface area contributed by atoms with Crippen LogP contribution in [-0.4, -0.2) is 70.5 Å². The number of piperazine rings is 1. The number of amidine groups is 1. The van der Waals surface area contributed by atoms with Gasteiger partial charge in [-0.15, -0.1) is 0 Å². The van der Waals surface area contributed by atoms with Gasteiger partial charge >= 0.3 is 5.97 Å². The van der Waals surface area contributed by atoms with E-state index in [4.69, 9.17) is 4.99 Å². The molecule has 1 amide bonds. The third-order valence-corrected chi connectivity index (χ3v) is 7.39. The maximum Gasteiger partial charge on any atom is 0.335 e. The van der Waals surface area contributed by atoms with Crippen molar-refractivity contribution < 1.29 is 14.7 Å². The summed E-state index contributed by atoms with van der Waals surface area (Å²) in [6, 6.07) is 5.59. The monoisotopic (exact) mass is 422 g/mol. The molecule has 164 valence electrons. The van der Waals surface area contributed by atoms with Crippen molar-refractivity contribution in [3.63, 3.8) is 0 Å². The highest BCUT2D eigenvalue weighted by atomic mass is 16.4. The van der Waals surface area contributed by atoms with Gasteiger partial charge < -0.3 is 14.9 Å². The summed E-state index contributed by atoms with van der Waals surface area (Å²) in [5, 5.41) is 9.30. The zero-order valence-electron chi connectivity index (χ0n) is 18.2. The summed E-state index contributed by atoms with van der Waals surface area (Å²) in [6.45, 7) is 2.88. The number of carboxylic acids is 1. The number of carbonyl (C=O) groups is 2. The van der Waals surface area contributed by atoms with Gasteiger partial charge in [-0.05, 0) is 55.5 Å². The average Bonchev–Trinajstić information content (AvgIpc) is 3.45. The Labute approximate surface area is 183 Å². The fourth-order valence-electron chi connectivity index (χ4n) is 5.80. The van der Waals surface area contributed by atoms with Crippen molar-refractivity contribution in [2.24, 2.45) is 4.99 Å². The molecule has 1 aromatic carbocycles. The van der Waals surface area contributed by atoms with Crippen molar-refractivity contribution in [3.05, 3.63) is 41.5 Å². The summed E-state index contributed by atoms with van der Waals surface area (Å²) in [6.07, 6.45) is 10.4. The molecule has 1 aliphatic carbocycles. The van der Waals surface area contributed by atoms with Crippen molar-refractivity contribution in [2.75, 3.05) is 18.5 Å². The molecular formula is C24H30N4O3. The Morgan fingerprint density at radius 2 is 2.03 bits per heavy atom. The predicted octanol–water partition coefficient (Wildman–Crippen LogP) is 2.91. The molecule has 7 heteroatoms. The maximum absolute atomic E-state index is 13.1. The molecule has 31 heavy (non-hydrogen) atoms. The van der Waals surface area contributed by atoms with E-state index in [0.717, 1.165) is 49.3 Å². The number of hydrogen-bond acceptors (Lipinski definition) is 5. The average molecular weight is 423 g/mol. The topological polar surface area (TPSA) is 76.5 Å². The van der Waals surface area contributed by atoms with Crippen LogP contribution in [0.25, 0.3) is 0 Å². The molecule has 7 nitrogen and oxygen atoms in total. The van der Waals surface area contributed by atoms with Gasteiger partial charge in [0.25, 0.3) is 0 Å². The number of fused-ring (bicyclic) bond motifs is 2. The number of rotatable bonds is 3. The van der Waals surface area contributed by atoms with Crippen LogP contribution in [0.1, 0.15) is 54.9 Å². The van der Waals surface area contributed by atoms with Crippen LogP contribution < -0.4 is 4.90 Å². The van der Waals surface area contributed by atoms with E-state index in [9.17, 15) is 14.7 Å². The van der Waals surface area contributed by atoms with Crippen molar-refractivity contribution >= 4 is 23.4 Å². The lowest BCUT2D eigenvalue weighted by atomic mass is 9.95. The van der Waals surface area contributed by atoms with Crippen LogP contribution in [0.4, 0.5) is 5.69 Å². The van der Waals surface area contributed by atoms with Crippen LogP contribution in [0.2, 0.25) is 0 Å². The fraction of sp³-hybridized carbons (Fsp3) is 0.542. The normalized spacial score (nSPS) is 28.6. The third kappa shape index (κ3) is 3.26. The zero-order valence-corrected chi connectivity index (χ0v) is 18.2. The van der Waals surface area contributed by atoms with Crippen LogP contribution in [0, 0.1) is 0 Å². The number of aromatic carboxylic acids is 1. The van der Waals surface area contributed by atoms with Gasteiger partial charge in [-0.2, -0.15) is 0 Å². The number of carboxylic acid groups (broad SMARTS) is 1. The third-order valence-electron chi connectivity index (χ3n) is 7.39. The number of benzene rings is 1. The number of carbonyl (C=O) groups excluding carboxylic acids is 1. The zero-order chi connectivity index (χ0) is 21.7. The van der Waals surface area contributed by atoms with E-state index in [-0.39, 0.29) is 24.2 Å². The molecule has 1 aromatic rings. The van der Waals surface area contributed by atoms with Crippen molar-refractivity contribution in [1.82, 2.24) is 9.80 Å². The SMILES string of the molecule is CCC1C(=O)N(C)C2C=CC(N3CCc4cc(C(=O)O)ccc43)=NC2N1C1CCCC1. The Balaban J connectivity index is 1.50. The van der Waals surface area contributed by atoms with Crippen LogP contribution in [-0.2, 0) is 11.2 Å². The van der Waals surface area contributed by atoms with Gasteiger partial charge in [0, 0.05) is 25.3 Å². The Morgan fingerprint density at radius 1 is 1.26 bits per heavy atom. The first kappa shape index (κ1) is 20.2. The van der Waals surface area contributed by atoms with Gasteiger partial charge in [-0.3, -0.25) is 9.69 Å². The van der Waals surface area contributed by atoms with E-state index in [1.54, 1.807) is 12.1 Å². The second-order valence-electron chi connectivity index (χ2n) is 9.06. The molecule has 1 N–H and O–H groups in total. The Hall–Kier alpha value is -2.67. The quantitative estimate of drug-likeness (QED) is 0.811. The Bertz CT molecular complexity index is 966. The van der Waals surface area contributed by atoms with Gasteiger partial charge in [-0.1, -0.05) is 25.8 Å². The smallest absolute Gasteiger partial charge is 0.335 e. The molecule has 0 spiro atoms. The molecule has 1 saturated heterocycles. The molecule has 4 aliphatic rings. The van der Waals surface area contributed by atoms with E-state index in [1.807, 2.05) is 24.1 Å². The lowest BCUT2D eigenvalue weighted by molar-refractivity contribution is -0.149. The molecule has 5 rings (SSSR count). The lowest BCUT2D eigenvalue weighted by Gasteiger charge is -2.51. The number of likely N-dealkylation sites (N-methyl/N-ethyl adjacent to an activating group) is 1. The van der Waals surface area contributed by atoms with E-state index in [0.29, 0.717) is 11.6 Å². The first-order valence-corrected chi connectivity index (χ1v) is 11.4. The second-order valence-corrected chi connectivity index (χ2v) is 9.06. The molecular weight excluding hydrogens is 392 g/mol. The summed E-state index contributed by atoms with van der Waals surface area (Å²) in [4.78, 5) is 36.1. The van der Waals surface area contributed by atoms with E-state index in [2.05, 4.69) is 22.8 Å². The summed E-state index contributed by atoms with van der Waals surface area (Å²) < 4.78 is 0. The number of nitrogens with zero attached hydrogens (tertiary/aromatic N) is 4. The van der Waals surface area contributed by atoms with Gasteiger partial charge in [-0.25, -0.2) is 9.79 Å². The van der Waals surface area contributed by atoms with E-state index >= 15 is 0 Å². The predicted molar refractivity (Wildman–Crippen MR) is 120 cm³/mol. The largest absolute Gasteiger partial charge is 0.478 e. The molecule has 3 unspecified atom stereocenters. The maximum atomic E-state index is 13.1. The highest BCUT2D eigenvalue weighted by Crippen LogP contribution is 2.37. The van der Waals surface area contributed by atoms with E-state index < -0.39 is 5.97 Å². The molecule has 3 heterocycles. The number of anilines is 1. The highest BCUT2D eigenvalue weighted by Gasteiger charge is 2.48. The highest BCUT2D eigenvalue weighted by molar-refractivity contribution is 6.08. The van der Waals surface area contributed by atoms with Crippen LogP contribution in [0.5, 0.6) is 0 Å². The van der Waals surface area contributed by atoms with Crippen molar-refractivity contribution in [2.45, 2.75) is 69.7 Å². The summed E-state index contributed by atoms with van der Waals surface area (Å²) in [5.74, 6) is 0.210. The summed E-state index contributed by atoms with van der Waals surface area (Å²) in [7, 11) is 1.90. The number of amides is 1. The fourth-order valence-corrected chi connectivity index (χ4v) is 5.80. The first-order chi connectivity index (χ1) is 15.0. The lowest BCUT2D eigenvalue weighted by Crippen LogP contribution is -2.67. The Morgan fingerprint density at radius 3 is 2.74 bits per heavy atom. The molecule has 1 saturated carbocycles. The van der Waals surface area contributed by atoms with Crippen LogP contribution in [0.3, 0.4) is 0 Å². The van der Waals surface area contributed by atoms with Crippen molar-refractivity contribution in [1.29, 1.82) is 0 Å². The second kappa shape index (κ2) is 7.79. The number of hydrogen-bond donors (Lipinski definition) is 1. The minimum absolute atomic E-state index is 0.0453. The summed E-state index contributed by atoms with van der Waals surface area (Å²) in [5.41, 5.74) is 2.41. The minimum atomic E-state index is -0.897. The Kier molecular flexibility index (Phi) is 5.08. The molecule has 0 bridgehead atoms. The van der Waals surface area contributed by atoms with Crippen LogP contribution >= 0.6 is 0 Å². The van der Waals surface area contributed by atoms with Gasteiger partial charge in [0.15, 0.2) is 0 Å². The van der Waals surface area contributed by atoms with Gasteiger partial charge in [0.2, 0.25) is 5.91 Å². The van der Waals surface area contributed by atoms with Crippen molar-refractivity contribution in [3.8, 4) is 0 Å². The van der Waals surface area contributed by atoms with Gasteiger partial charge in [0.1, 0.15) is 12.0 Å². The minimum Gasteiger partial charge on any atom is -0.478 e. The van der Waals surface area contributed by atoms with Crippen LogP contribution in [0.15, 0.2) is 35.3 Å². The molecule has 0 aromatic heterocycles. The summed E-state index contributed by atoms with van der Waals surface area (Å²) >= 11 is 0. The first-order valence-electron chi connectivity index (χ1n) is 11.4. The molecule has 0 radical (unpaired) electrons. The molecule has 3 atom stereocenters. The van der Waals surface area contributed by atoms with E-state index in [1.165, 1.54) is 12.8 Å². The molecule has 3 aliphatic heterocycles. The van der Waals surface area contributed by atoms with Gasteiger partial charge in [0.05, 0.1) is 17.6 Å². The number of dihydropyridines is 1. The standard InChI is InChI=1S/C24H30N4O3/c1-3-18-23(29)26(2)20-10-11-21(25-22(20)28(18)17-6-4-5-7-17)27-13-12-15-14-16(24(30)31)8-9-19(15)27/h8-11,14,17-18,20,22H,3-7,12-13H2,1-2H3,(H,30,31). The number of aliphatic imine (C=N–C) groups is 1.